The number of carbonyl (C=O) groups is 2. The summed E-state index contributed by atoms with van der Waals surface area (Å²) in [5.41, 5.74) is 2.33. The first-order valence-corrected chi connectivity index (χ1v) is 11.5. The van der Waals surface area contributed by atoms with Gasteiger partial charge in [-0.2, -0.15) is 0 Å². The number of ether oxygens (including phenoxy) is 1. The molecule has 0 spiro atoms. The van der Waals surface area contributed by atoms with Crippen LogP contribution in [-0.4, -0.2) is 33.3 Å². The van der Waals surface area contributed by atoms with E-state index in [-0.39, 0.29) is 23.8 Å². The number of aromatic nitrogens is 1. The topological polar surface area (TPSA) is 79.7 Å². The van der Waals surface area contributed by atoms with Gasteiger partial charge in [0.25, 0.3) is 11.7 Å². The van der Waals surface area contributed by atoms with Gasteiger partial charge in [0.1, 0.15) is 17.3 Å². The molecule has 1 aromatic heterocycles. The van der Waals surface area contributed by atoms with E-state index in [1.807, 2.05) is 20.8 Å². The summed E-state index contributed by atoms with van der Waals surface area (Å²) in [4.78, 5) is 32.0. The zero-order valence-electron chi connectivity index (χ0n) is 19.9. The average Bonchev–Trinajstić information content (AvgIpc) is 3.10. The SMILES string of the molecule is CCOc1ccc(/C(O)=C2/C(=O)C(=O)N(Cc3ccccn3)C2c2ccc(F)cc2)cc1C(C)C. The van der Waals surface area contributed by atoms with Crippen molar-refractivity contribution in [2.45, 2.75) is 39.3 Å². The van der Waals surface area contributed by atoms with Gasteiger partial charge in [0.15, 0.2) is 0 Å². The number of pyridine rings is 1. The Labute approximate surface area is 203 Å². The lowest BCUT2D eigenvalue weighted by atomic mass is 9.93. The van der Waals surface area contributed by atoms with Gasteiger partial charge in [-0.25, -0.2) is 4.39 Å². The minimum atomic E-state index is -0.897. The van der Waals surface area contributed by atoms with Crippen LogP contribution in [0.3, 0.4) is 0 Å². The normalized spacial score (nSPS) is 17.3. The van der Waals surface area contributed by atoms with E-state index >= 15 is 0 Å². The Kier molecular flexibility index (Phi) is 6.96. The molecule has 2 aromatic carbocycles. The molecule has 1 saturated heterocycles. The molecule has 1 unspecified atom stereocenters. The minimum Gasteiger partial charge on any atom is -0.507 e. The van der Waals surface area contributed by atoms with E-state index in [1.54, 1.807) is 42.6 Å². The van der Waals surface area contributed by atoms with Crippen LogP contribution in [0, 0.1) is 5.82 Å². The van der Waals surface area contributed by atoms with Gasteiger partial charge >= 0.3 is 0 Å². The van der Waals surface area contributed by atoms with Crippen molar-refractivity contribution >= 4 is 17.4 Å². The summed E-state index contributed by atoms with van der Waals surface area (Å²) in [6.07, 6.45) is 1.60. The van der Waals surface area contributed by atoms with Crippen LogP contribution in [-0.2, 0) is 16.1 Å². The fourth-order valence-corrected chi connectivity index (χ4v) is 4.29. The van der Waals surface area contributed by atoms with Crippen LogP contribution in [0.25, 0.3) is 5.76 Å². The standard InChI is InChI=1S/C28H27FN2O4/c1-4-35-23-13-10-19(15-22(23)17(2)3)26(32)24-25(18-8-11-20(29)12-9-18)31(28(34)27(24)33)16-21-7-5-6-14-30-21/h5-15,17,25,32H,4,16H2,1-3H3/b26-24-. The lowest BCUT2D eigenvalue weighted by Gasteiger charge is -2.25. The number of likely N-dealkylation sites (tertiary alicyclic amines) is 1. The third-order valence-corrected chi connectivity index (χ3v) is 5.99. The number of aliphatic hydroxyl groups is 1. The Bertz CT molecular complexity index is 1270. The highest BCUT2D eigenvalue weighted by Gasteiger charge is 2.46. The Hall–Kier alpha value is -4.00. The first-order chi connectivity index (χ1) is 16.8. The Balaban J connectivity index is 1.86. The van der Waals surface area contributed by atoms with Crippen LogP contribution in [0.2, 0.25) is 0 Å². The predicted octanol–water partition coefficient (Wildman–Crippen LogP) is 5.36. The molecule has 2 heterocycles. The van der Waals surface area contributed by atoms with E-state index in [0.717, 1.165) is 5.56 Å². The summed E-state index contributed by atoms with van der Waals surface area (Å²) in [7, 11) is 0. The molecule has 0 aliphatic carbocycles. The molecule has 4 rings (SSSR count). The number of hydrogen-bond donors (Lipinski definition) is 1. The van der Waals surface area contributed by atoms with Crippen molar-refractivity contribution in [1.29, 1.82) is 0 Å². The van der Waals surface area contributed by atoms with Crippen LogP contribution in [0.1, 0.15) is 55.1 Å². The third kappa shape index (κ3) is 4.80. The highest BCUT2D eigenvalue weighted by molar-refractivity contribution is 6.46. The van der Waals surface area contributed by atoms with Crippen LogP contribution in [0.15, 0.2) is 72.4 Å². The zero-order valence-corrected chi connectivity index (χ0v) is 19.9. The van der Waals surface area contributed by atoms with Crippen LogP contribution >= 0.6 is 0 Å². The average molecular weight is 475 g/mol. The molecule has 0 saturated carbocycles. The molecule has 180 valence electrons. The quantitative estimate of drug-likeness (QED) is 0.283. The second-order valence-corrected chi connectivity index (χ2v) is 8.64. The summed E-state index contributed by atoms with van der Waals surface area (Å²) in [5.74, 6) is -1.47. The molecular formula is C28H27FN2O4. The first-order valence-electron chi connectivity index (χ1n) is 11.5. The minimum absolute atomic E-state index is 0.0450. The van der Waals surface area contributed by atoms with Gasteiger partial charge in [0.05, 0.1) is 30.5 Å². The Morgan fingerprint density at radius 2 is 1.86 bits per heavy atom. The molecule has 0 radical (unpaired) electrons. The smallest absolute Gasteiger partial charge is 0.296 e. The summed E-state index contributed by atoms with van der Waals surface area (Å²) < 4.78 is 19.4. The third-order valence-electron chi connectivity index (χ3n) is 5.99. The van der Waals surface area contributed by atoms with Crippen LogP contribution in [0.5, 0.6) is 5.75 Å². The number of halogens is 1. The number of ketones is 1. The fraction of sp³-hybridized carbons (Fsp3) is 0.250. The molecule has 35 heavy (non-hydrogen) atoms. The maximum absolute atomic E-state index is 13.7. The van der Waals surface area contributed by atoms with Gasteiger partial charge in [-0.3, -0.25) is 14.6 Å². The number of rotatable bonds is 7. The van der Waals surface area contributed by atoms with Gasteiger partial charge in [-0.15, -0.1) is 0 Å². The largest absolute Gasteiger partial charge is 0.507 e. The molecule has 6 nitrogen and oxygen atoms in total. The maximum Gasteiger partial charge on any atom is 0.296 e. The molecule has 3 aromatic rings. The van der Waals surface area contributed by atoms with E-state index in [0.29, 0.717) is 29.2 Å². The number of carbonyl (C=O) groups excluding carboxylic acids is 2. The Morgan fingerprint density at radius 1 is 1.11 bits per heavy atom. The molecule has 1 N–H and O–H groups in total. The number of Topliss-reactive ketones (excluding diaryl/α,β-unsaturated/α-hetero) is 1. The van der Waals surface area contributed by atoms with E-state index in [9.17, 15) is 19.1 Å². The van der Waals surface area contributed by atoms with Crippen LogP contribution < -0.4 is 4.74 Å². The van der Waals surface area contributed by atoms with E-state index in [2.05, 4.69) is 4.98 Å². The van der Waals surface area contributed by atoms with Gasteiger partial charge in [-0.05, 0) is 66.4 Å². The number of hydrogen-bond acceptors (Lipinski definition) is 5. The second kappa shape index (κ2) is 10.1. The highest BCUT2D eigenvalue weighted by atomic mass is 19.1. The van der Waals surface area contributed by atoms with Crippen molar-refractivity contribution in [1.82, 2.24) is 9.88 Å². The summed E-state index contributed by atoms with van der Waals surface area (Å²) in [6.45, 7) is 6.46. The summed E-state index contributed by atoms with van der Waals surface area (Å²) in [6, 6.07) is 15.2. The van der Waals surface area contributed by atoms with Crippen molar-refractivity contribution in [2.24, 2.45) is 0 Å². The van der Waals surface area contributed by atoms with Crippen LogP contribution in [0.4, 0.5) is 4.39 Å². The summed E-state index contributed by atoms with van der Waals surface area (Å²) in [5, 5.41) is 11.4. The molecule has 1 atom stereocenters. The van der Waals surface area contributed by atoms with Crippen molar-refractivity contribution in [3.8, 4) is 5.75 Å². The fourth-order valence-electron chi connectivity index (χ4n) is 4.29. The lowest BCUT2D eigenvalue weighted by molar-refractivity contribution is -0.140. The van der Waals surface area contributed by atoms with E-state index in [1.165, 1.54) is 29.2 Å². The molecular weight excluding hydrogens is 447 g/mol. The molecule has 1 amide bonds. The molecule has 1 aliphatic rings. The van der Waals surface area contributed by atoms with Gasteiger partial charge < -0.3 is 14.7 Å². The predicted molar refractivity (Wildman–Crippen MR) is 130 cm³/mol. The monoisotopic (exact) mass is 474 g/mol. The lowest BCUT2D eigenvalue weighted by Crippen LogP contribution is -2.29. The first kappa shape index (κ1) is 24.1. The highest BCUT2D eigenvalue weighted by Crippen LogP contribution is 2.41. The van der Waals surface area contributed by atoms with E-state index < -0.39 is 23.5 Å². The number of nitrogens with zero attached hydrogens (tertiary/aromatic N) is 2. The number of aliphatic hydroxyl groups excluding tert-OH is 1. The molecule has 7 heteroatoms. The van der Waals surface area contributed by atoms with E-state index in [4.69, 9.17) is 4.74 Å². The van der Waals surface area contributed by atoms with Gasteiger partial charge in [0.2, 0.25) is 0 Å². The number of benzene rings is 2. The van der Waals surface area contributed by atoms with Gasteiger partial charge in [0, 0.05) is 11.8 Å². The molecule has 1 aliphatic heterocycles. The van der Waals surface area contributed by atoms with Crippen molar-refractivity contribution < 1.29 is 23.8 Å². The van der Waals surface area contributed by atoms with Gasteiger partial charge in [-0.1, -0.05) is 32.0 Å². The number of amides is 1. The molecule has 1 fully saturated rings. The zero-order chi connectivity index (χ0) is 25.1. The van der Waals surface area contributed by atoms with Crippen molar-refractivity contribution in [3.05, 3.63) is 101 Å². The second-order valence-electron chi connectivity index (χ2n) is 8.64. The molecule has 0 bridgehead atoms. The van der Waals surface area contributed by atoms with Crippen molar-refractivity contribution in [2.75, 3.05) is 6.61 Å². The van der Waals surface area contributed by atoms with Crippen molar-refractivity contribution in [3.63, 3.8) is 0 Å². The summed E-state index contributed by atoms with van der Waals surface area (Å²) >= 11 is 0. The maximum atomic E-state index is 13.7. The Morgan fingerprint density at radius 3 is 2.49 bits per heavy atom.